The lowest BCUT2D eigenvalue weighted by Crippen LogP contribution is -2.01. The molecule has 0 N–H and O–H groups in total. The van der Waals surface area contributed by atoms with Crippen molar-refractivity contribution < 1.29 is 9.59 Å². The van der Waals surface area contributed by atoms with Gasteiger partial charge in [-0.1, -0.05) is 85.0 Å². The number of hydrogen-bond donors (Lipinski definition) is 0. The molecule has 2 rings (SSSR count). The fourth-order valence-electron chi connectivity index (χ4n) is 2.58. The van der Waals surface area contributed by atoms with Crippen molar-refractivity contribution in [2.75, 3.05) is 0 Å². The Kier molecular flexibility index (Phi) is 9.31. The van der Waals surface area contributed by atoms with Gasteiger partial charge in [0.05, 0.1) is 6.42 Å². The van der Waals surface area contributed by atoms with Crippen molar-refractivity contribution in [3.8, 4) is 0 Å². The van der Waals surface area contributed by atoms with Crippen molar-refractivity contribution in [1.82, 2.24) is 0 Å². The number of rotatable bonds is 10. The largest absolute Gasteiger partial charge is 0.294 e. The van der Waals surface area contributed by atoms with Crippen LogP contribution in [0.25, 0.3) is 6.08 Å². The van der Waals surface area contributed by atoms with Crippen LogP contribution < -0.4 is 0 Å². The van der Waals surface area contributed by atoms with Crippen molar-refractivity contribution in [2.24, 2.45) is 0 Å². The van der Waals surface area contributed by atoms with Gasteiger partial charge in [-0.3, -0.25) is 9.59 Å². The Hall–Kier alpha value is -3.00. The smallest absolute Gasteiger partial charge is 0.163 e. The minimum absolute atomic E-state index is 0.0764. The number of carbonyl (C=O) groups excluding carboxylic acids is 2. The van der Waals surface area contributed by atoms with E-state index in [4.69, 9.17) is 0 Å². The van der Waals surface area contributed by atoms with Gasteiger partial charge >= 0.3 is 0 Å². The summed E-state index contributed by atoms with van der Waals surface area (Å²) in [5, 5.41) is 0. The fraction of sp³-hybridized carbons (Fsp3) is 0.200. The highest BCUT2D eigenvalue weighted by Crippen LogP contribution is 2.10. The summed E-state index contributed by atoms with van der Waals surface area (Å²) >= 11 is 0. The summed E-state index contributed by atoms with van der Waals surface area (Å²) in [4.78, 5) is 23.6. The Morgan fingerprint density at radius 2 is 1.48 bits per heavy atom. The van der Waals surface area contributed by atoms with Gasteiger partial charge in [-0.25, -0.2) is 0 Å². The van der Waals surface area contributed by atoms with E-state index in [1.165, 1.54) is 17.7 Å². The van der Waals surface area contributed by atoms with Gasteiger partial charge in [0, 0.05) is 0 Å². The third kappa shape index (κ3) is 9.31. The lowest BCUT2D eigenvalue weighted by atomic mass is 10.1. The van der Waals surface area contributed by atoms with Crippen LogP contribution in [-0.2, 0) is 9.59 Å². The monoisotopic (exact) mass is 358 g/mol. The van der Waals surface area contributed by atoms with Crippen molar-refractivity contribution in [1.29, 1.82) is 0 Å². The van der Waals surface area contributed by atoms with Gasteiger partial charge in [0.15, 0.2) is 11.6 Å². The summed E-state index contributed by atoms with van der Waals surface area (Å²) < 4.78 is 0. The second-order valence-electron chi connectivity index (χ2n) is 6.28. The first-order valence-corrected chi connectivity index (χ1v) is 9.37. The molecule has 0 atom stereocenters. The molecule has 1 aliphatic rings. The molecule has 2 nitrogen and oxygen atoms in total. The van der Waals surface area contributed by atoms with Crippen LogP contribution >= 0.6 is 0 Å². The lowest BCUT2D eigenvalue weighted by Gasteiger charge is -1.99. The molecule has 1 aromatic rings. The molecule has 1 aliphatic carbocycles. The van der Waals surface area contributed by atoms with Gasteiger partial charge in [0.25, 0.3) is 0 Å². The Labute approximate surface area is 162 Å². The molecule has 0 aliphatic heterocycles. The molecule has 0 saturated heterocycles. The van der Waals surface area contributed by atoms with Crippen LogP contribution in [0.2, 0.25) is 0 Å². The van der Waals surface area contributed by atoms with Crippen LogP contribution in [-0.4, -0.2) is 11.6 Å². The Morgan fingerprint density at radius 3 is 2.11 bits per heavy atom. The maximum atomic E-state index is 11.8. The van der Waals surface area contributed by atoms with E-state index in [1.54, 1.807) is 12.2 Å². The second kappa shape index (κ2) is 12.4. The molecule has 0 amide bonds. The summed E-state index contributed by atoms with van der Waals surface area (Å²) in [5.41, 5.74) is 2.34. The van der Waals surface area contributed by atoms with Crippen molar-refractivity contribution in [3.63, 3.8) is 0 Å². The van der Waals surface area contributed by atoms with Gasteiger partial charge in [0.1, 0.15) is 0 Å². The highest BCUT2D eigenvalue weighted by Gasteiger charge is 2.02. The molecule has 0 saturated carbocycles. The molecule has 0 fully saturated rings. The quantitative estimate of drug-likeness (QED) is 0.382. The summed E-state index contributed by atoms with van der Waals surface area (Å²) in [7, 11) is 0. The normalized spacial score (nSPS) is 14.6. The molecular weight excluding hydrogens is 332 g/mol. The summed E-state index contributed by atoms with van der Waals surface area (Å²) in [6, 6.07) is 9.99. The number of benzene rings is 1. The zero-order valence-electron chi connectivity index (χ0n) is 15.6. The minimum Gasteiger partial charge on any atom is -0.294 e. The van der Waals surface area contributed by atoms with E-state index < -0.39 is 0 Å². The van der Waals surface area contributed by atoms with Crippen LogP contribution in [0, 0.1) is 0 Å². The average Bonchev–Trinajstić information content (AvgIpc) is 2.69. The van der Waals surface area contributed by atoms with E-state index in [-0.39, 0.29) is 18.0 Å². The fourth-order valence-corrected chi connectivity index (χ4v) is 2.58. The Morgan fingerprint density at radius 1 is 0.815 bits per heavy atom. The van der Waals surface area contributed by atoms with Crippen LogP contribution in [0.4, 0.5) is 0 Å². The van der Waals surface area contributed by atoms with Gasteiger partial charge < -0.3 is 0 Å². The summed E-state index contributed by atoms with van der Waals surface area (Å²) in [6.07, 6.45) is 24.6. The maximum absolute atomic E-state index is 11.8. The highest BCUT2D eigenvalue weighted by molar-refractivity contribution is 6.08. The average molecular weight is 358 g/mol. The third-order valence-electron chi connectivity index (χ3n) is 3.94. The predicted molar refractivity (Wildman–Crippen MR) is 113 cm³/mol. The number of carbonyl (C=O) groups is 2. The second-order valence-corrected chi connectivity index (χ2v) is 6.28. The first-order chi connectivity index (χ1) is 13.2. The molecule has 0 unspecified atom stereocenters. The van der Waals surface area contributed by atoms with Gasteiger partial charge in [0.2, 0.25) is 0 Å². The molecule has 1 aromatic carbocycles. The van der Waals surface area contributed by atoms with E-state index in [1.807, 2.05) is 48.6 Å². The first kappa shape index (κ1) is 20.3. The standard InChI is InChI=1S/C25H26O2/c26-24(19-11-3-9-17-22-13-5-1-6-14-22)21-25(27)20-12-4-10-18-23-15-7-2-8-16-23/h1,5-7,9-20H,2-4,8,21H2/b17-9+,18-10+,19-11+,20-12+. The maximum Gasteiger partial charge on any atom is 0.163 e. The van der Waals surface area contributed by atoms with Crippen LogP contribution in [0.5, 0.6) is 0 Å². The zero-order chi connectivity index (χ0) is 19.2. The number of ketones is 2. The lowest BCUT2D eigenvalue weighted by molar-refractivity contribution is -0.121. The first-order valence-electron chi connectivity index (χ1n) is 9.37. The summed E-state index contributed by atoms with van der Waals surface area (Å²) in [5.74, 6) is -0.319. The molecule has 0 radical (unpaired) electrons. The molecule has 0 heterocycles. The van der Waals surface area contributed by atoms with Crippen molar-refractivity contribution in [3.05, 3.63) is 102 Å². The minimum atomic E-state index is -0.161. The SMILES string of the molecule is O=C(/C=C/C/C=C/C1=CCCC=C1)CC(=O)/C=C/C/C=C/c1ccccc1. The van der Waals surface area contributed by atoms with E-state index in [9.17, 15) is 9.59 Å². The molecular formula is C25H26O2. The Bertz CT molecular complexity index is 787. The van der Waals surface area contributed by atoms with E-state index in [0.29, 0.717) is 12.8 Å². The van der Waals surface area contributed by atoms with Crippen LogP contribution in [0.1, 0.15) is 37.7 Å². The van der Waals surface area contributed by atoms with E-state index in [2.05, 4.69) is 24.3 Å². The third-order valence-corrected chi connectivity index (χ3v) is 3.94. The van der Waals surface area contributed by atoms with Crippen molar-refractivity contribution >= 4 is 17.6 Å². The number of allylic oxidation sites excluding steroid dienone is 11. The van der Waals surface area contributed by atoms with Gasteiger partial charge in [-0.15, -0.1) is 0 Å². The topological polar surface area (TPSA) is 34.1 Å². The molecule has 0 bridgehead atoms. The van der Waals surface area contributed by atoms with Crippen LogP contribution in [0.15, 0.2) is 96.7 Å². The van der Waals surface area contributed by atoms with E-state index in [0.717, 1.165) is 18.4 Å². The molecule has 138 valence electrons. The Balaban J connectivity index is 1.63. The highest BCUT2D eigenvalue weighted by atomic mass is 16.1. The predicted octanol–water partition coefficient (Wildman–Crippen LogP) is 5.95. The van der Waals surface area contributed by atoms with Gasteiger partial charge in [-0.05, 0) is 49.0 Å². The van der Waals surface area contributed by atoms with Gasteiger partial charge in [-0.2, -0.15) is 0 Å². The molecule has 2 heteroatoms. The summed E-state index contributed by atoms with van der Waals surface area (Å²) in [6.45, 7) is 0. The van der Waals surface area contributed by atoms with Crippen LogP contribution in [0.3, 0.4) is 0 Å². The number of hydrogen-bond acceptors (Lipinski definition) is 2. The van der Waals surface area contributed by atoms with Crippen molar-refractivity contribution in [2.45, 2.75) is 32.1 Å². The van der Waals surface area contributed by atoms with E-state index >= 15 is 0 Å². The molecule has 27 heavy (non-hydrogen) atoms. The molecule has 0 aromatic heterocycles. The zero-order valence-corrected chi connectivity index (χ0v) is 15.6. The molecule has 0 spiro atoms.